The molecule has 4 aromatic carbocycles. The summed E-state index contributed by atoms with van der Waals surface area (Å²) in [6.45, 7) is 0. The van der Waals surface area contributed by atoms with Gasteiger partial charge in [-0.25, -0.2) is 0 Å². The number of alkyl halides is 18. The highest BCUT2D eigenvalue weighted by atomic mass is 19.4. The molecule has 4 rings (SSSR count). The van der Waals surface area contributed by atoms with E-state index in [-0.39, 0.29) is 24.3 Å². The molecule has 0 spiro atoms. The quantitative estimate of drug-likeness (QED) is 0.162. The standard InChI is InChI=1S/C30H14F18N2/c31-25(32,33)19-5-11(49)1-3-13(19)15-7-23(29(43,44)45)17(9-21(15)27(37,38)39)18-10-22(28(40,41)42)16(8-24(18)30(46,47)48)14-4-2-12(50)6-20(14)26(34,35)36/h1-10H,49-50H2. The van der Waals surface area contributed by atoms with E-state index < -0.39 is 139 Å². The number of anilines is 2. The zero-order valence-corrected chi connectivity index (χ0v) is 23.7. The average Bonchev–Trinajstić information content (AvgIpc) is 2.93. The van der Waals surface area contributed by atoms with Crippen molar-refractivity contribution < 1.29 is 79.0 Å². The molecule has 0 heterocycles. The van der Waals surface area contributed by atoms with Gasteiger partial charge in [-0.1, -0.05) is 12.1 Å². The number of hydrogen-bond acceptors (Lipinski definition) is 2. The van der Waals surface area contributed by atoms with Crippen LogP contribution in [0.5, 0.6) is 0 Å². The molecule has 0 atom stereocenters. The van der Waals surface area contributed by atoms with E-state index in [9.17, 15) is 79.0 Å². The summed E-state index contributed by atoms with van der Waals surface area (Å²) in [6, 6.07) is -0.964. The van der Waals surface area contributed by atoms with Crippen LogP contribution in [0.4, 0.5) is 90.4 Å². The molecule has 0 aliphatic heterocycles. The minimum Gasteiger partial charge on any atom is -0.399 e. The smallest absolute Gasteiger partial charge is 0.399 e. The van der Waals surface area contributed by atoms with Gasteiger partial charge in [-0.2, -0.15) is 79.0 Å². The first-order valence-corrected chi connectivity index (χ1v) is 13.0. The lowest BCUT2D eigenvalue weighted by Crippen LogP contribution is -2.18. The Morgan fingerprint density at radius 1 is 0.260 bits per heavy atom. The molecule has 0 aliphatic carbocycles. The highest BCUT2D eigenvalue weighted by molar-refractivity contribution is 5.85. The number of benzene rings is 4. The minimum atomic E-state index is -6.05. The largest absolute Gasteiger partial charge is 0.417 e. The molecule has 4 N–H and O–H groups in total. The fourth-order valence-corrected chi connectivity index (χ4v) is 5.09. The molecule has 0 radical (unpaired) electrons. The number of nitrogens with two attached hydrogens (primary N) is 2. The van der Waals surface area contributed by atoms with Gasteiger partial charge in [0.1, 0.15) is 0 Å². The highest BCUT2D eigenvalue weighted by Gasteiger charge is 2.46. The van der Waals surface area contributed by atoms with Crippen molar-refractivity contribution in [2.45, 2.75) is 37.1 Å². The molecule has 0 aliphatic rings. The van der Waals surface area contributed by atoms with Gasteiger partial charge >= 0.3 is 37.1 Å². The maximum atomic E-state index is 14.4. The minimum absolute atomic E-state index is 0.0547. The van der Waals surface area contributed by atoms with Gasteiger partial charge in [0.25, 0.3) is 0 Å². The van der Waals surface area contributed by atoms with Crippen LogP contribution in [0.3, 0.4) is 0 Å². The van der Waals surface area contributed by atoms with Crippen molar-refractivity contribution >= 4 is 11.4 Å². The lowest BCUT2D eigenvalue weighted by atomic mass is 9.84. The third-order valence-corrected chi connectivity index (χ3v) is 7.11. The topological polar surface area (TPSA) is 52.0 Å². The van der Waals surface area contributed by atoms with E-state index in [2.05, 4.69) is 0 Å². The summed E-state index contributed by atoms with van der Waals surface area (Å²) in [5.41, 5.74) is -16.4. The summed E-state index contributed by atoms with van der Waals surface area (Å²) >= 11 is 0. The summed E-state index contributed by atoms with van der Waals surface area (Å²) < 4.78 is 255. The molecule has 50 heavy (non-hydrogen) atoms. The Kier molecular flexibility index (Phi) is 9.07. The molecular weight excluding hydrogens is 730 g/mol. The second kappa shape index (κ2) is 11.9. The summed E-state index contributed by atoms with van der Waals surface area (Å²) in [6.07, 6.45) is -35.2. The summed E-state index contributed by atoms with van der Waals surface area (Å²) in [5, 5.41) is 0. The van der Waals surface area contributed by atoms with Gasteiger partial charge < -0.3 is 11.5 Å². The highest BCUT2D eigenvalue weighted by Crippen LogP contribution is 2.53. The molecule has 0 unspecified atom stereocenters. The number of nitrogen functional groups attached to an aromatic ring is 2. The van der Waals surface area contributed by atoms with Crippen molar-refractivity contribution in [3.63, 3.8) is 0 Å². The first kappa shape index (κ1) is 38.0. The SMILES string of the molecule is Nc1ccc(-c2cc(C(F)(F)F)c(-c3cc(C(F)(F)F)c(-c4ccc(N)cc4C(F)(F)F)cc3C(F)(F)F)cc2C(F)(F)F)c(C(F)(F)F)c1. The van der Waals surface area contributed by atoms with E-state index in [4.69, 9.17) is 11.5 Å². The molecular formula is C30H14F18N2. The molecule has 0 fully saturated rings. The van der Waals surface area contributed by atoms with Gasteiger partial charge in [0, 0.05) is 11.4 Å². The van der Waals surface area contributed by atoms with Crippen LogP contribution in [0.1, 0.15) is 33.4 Å². The number of hydrogen-bond donors (Lipinski definition) is 2. The lowest BCUT2D eigenvalue weighted by molar-refractivity contribution is -0.142. The van der Waals surface area contributed by atoms with E-state index in [1.54, 1.807) is 0 Å². The fourth-order valence-electron chi connectivity index (χ4n) is 5.09. The molecule has 20 heteroatoms. The van der Waals surface area contributed by atoms with E-state index in [0.717, 1.165) is 0 Å². The van der Waals surface area contributed by atoms with Gasteiger partial charge in [-0.05, 0) is 81.9 Å². The Bertz CT molecular complexity index is 1800. The number of halogens is 18. The predicted molar refractivity (Wildman–Crippen MR) is 142 cm³/mol. The maximum absolute atomic E-state index is 14.4. The van der Waals surface area contributed by atoms with Crippen LogP contribution >= 0.6 is 0 Å². The second-order valence-electron chi connectivity index (χ2n) is 10.5. The van der Waals surface area contributed by atoms with Crippen LogP contribution in [-0.4, -0.2) is 0 Å². The van der Waals surface area contributed by atoms with Gasteiger partial charge in [-0.3, -0.25) is 0 Å². The monoisotopic (exact) mass is 744 g/mol. The normalized spacial score (nSPS) is 13.6. The maximum Gasteiger partial charge on any atom is 0.417 e. The van der Waals surface area contributed by atoms with Crippen molar-refractivity contribution in [1.82, 2.24) is 0 Å². The zero-order valence-electron chi connectivity index (χ0n) is 23.7. The van der Waals surface area contributed by atoms with Crippen molar-refractivity contribution in [2.24, 2.45) is 0 Å². The van der Waals surface area contributed by atoms with Gasteiger partial charge in [0.2, 0.25) is 0 Å². The van der Waals surface area contributed by atoms with Crippen LogP contribution in [-0.2, 0) is 37.1 Å². The first-order valence-electron chi connectivity index (χ1n) is 13.0. The van der Waals surface area contributed by atoms with E-state index in [0.29, 0.717) is 12.1 Å². The van der Waals surface area contributed by atoms with Crippen molar-refractivity contribution in [3.05, 3.63) is 94.0 Å². The Morgan fingerprint density at radius 3 is 0.640 bits per heavy atom. The van der Waals surface area contributed by atoms with Crippen molar-refractivity contribution in [2.75, 3.05) is 11.5 Å². The van der Waals surface area contributed by atoms with Crippen LogP contribution in [0.15, 0.2) is 60.7 Å². The molecule has 0 saturated carbocycles. The molecule has 2 nitrogen and oxygen atoms in total. The predicted octanol–water partition coefficient (Wildman–Crippen LogP) is 12.0. The van der Waals surface area contributed by atoms with Crippen LogP contribution in [0.25, 0.3) is 33.4 Å². The summed E-state index contributed by atoms with van der Waals surface area (Å²) in [7, 11) is 0. The first-order chi connectivity index (χ1) is 22.4. The lowest BCUT2D eigenvalue weighted by Gasteiger charge is -2.25. The Morgan fingerprint density at radius 2 is 0.440 bits per heavy atom. The number of rotatable bonds is 3. The third kappa shape index (κ3) is 7.52. The molecule has 270 valence electrons. The van der Waals surface area contributed by atoms with Crippen LogP contribution < -0.4 is 11.5 Å². The van der Waals surface area contributed by atoms with E-state index in [1.165, 1.54) is 0 Å². The van der Waals surface area contributed by atoms with Crippen LogP contribution in [0, 0.1) is 0 Å². The molecule has 0 saturated heterocycles. The fraction of sp³-hybridized carbons (Fsp3) is 0.200. The van der Waals surface area contributed by atoms with Crippen LogP contribution in [0.2, 0.25) is 0 Å². The molecule has 0 bridgehead atoms. The Hall–Kier alpha value is -4.78. The summed E-state index contributed by atoms with van der Waals surface area (Å²) in [4.78, 5) is 0. The second-order valence-corrected chi connectivity index (χ2v) is 10.5. The Balaban J connectivity index is 2.26. The van der Waals surface area contributed by atoms with E-state index in [1.807, 2.05) is 0 Å². The molecule has 0 aromatic heterocycles. The molecule has 4 aromatic rings. The average molecular weight is 744 g/mol. The zero-order chi connectivity index (χ0) is 38.2. The third-order valence-electron chi connectivity index (χ3n) is 7.11. The van der Waals surface area contributed by atoms with Gasteiger partial charge in [-0.15, -0.1) is 0 Å². The molecule has 0 amide bonds. The Labute approximate surface area is 266 Å². The van der Waals surface area contributed by atoms with Gasteiger partial charge in [0.15, 0.2) is 0 Å². The van der Waals surface area contributed by atoms with E-state index >= 15 is 0 Å². The van der Waals surface area contributed by atoms with Crippen molar-refractivity contribution in [1.29, 1.82) is 0 Å². The summed E-state index contributed by atoms with van der Waals surface area (Å²) in [5.74, 6) is 0. The van der Waals surface area contributed by atoms with Gasteiger partial charge in [0.05, 0.1) is 33.4 Å². The van der Waals surface area contributed by atoms with Crippen molar-refractivity contribution in [3.8, 4) is 33.4 Å².